The molecule has 2 heterocycles. The first-order valence-corrected chi connectivity index (χ1v) is 8.12. The molecule has 20 heavy (non-hydrogen) atoms. The Labute approximate surface area is 122 Å². The number of carbonyl (C=O) groups excluding carboxylic acids is 1. The Bertz CT molecular complexity index is 309. The maximum Gasteiger partial charge on any atom is 0.238 e. The summed E-state index contributed by atoms with van der Waals surface area (Å²) >= 11 is 0. The Hall–Kier alpha value is -0.650. The number of hydrogen-bond donors (Lipinski definition) is 2. The van der Waals surface area contributed by atoms with Gasteiger partial charge in [0.1, 0.15) is 0 Å². The van der Waals surface area contributed by atoms with Crippen LogP contribution >= 0.6 is 0 Å². The molecule has 3 N–H and O–H groups in total. The summed E-state index contributed by atoms with van der Waals surface area (Å²) in [6, 6.07) is 1.03. The quantitative estimate of drug-likeness (QED) is 0.458. The summed E-state index contributed by atoms with van der Waals surface area (Å²) in [4.78, 5) is 16.8. The van der Waals surface area contributed by atoms with Crippen LogP contribution in [0.25, 0.3) is 0 Å². The van der Waals surface area contributed by atoms with E-state index >= 15 is 0 Å². The van der Waals surface area contributed by atoms with Gasteiger partial charge in [0, 0.05) is 12.1 Å². The molecule has 5 heteroatoms. The van der Waals surface area contributed by atoms with E-state index in [2.05, 4.69) is 22.1 Å². The van der Waals surface area contributed by atoms with Crippen molar-refractivity contribution in [3.63, 3.8) is 0 Å². The molecular formula is C15H30N4O. The Morgan fingerprint density at radius 1 is 1.10 bits per heavy atom. The summed E-state index contributed by atoms with van der Waals surface area (Å²) in [6.45, 7) is 8.87. The van der Waals surface area contributed by atoms with E-state index in [1.54, 1.807) is 0 Å². The molecule has 5 nitrogen and oxygen atoms in total. The first kappa shape index (κ1) is 15.7. The second-order valence-electron chi connectivity index (χ2n) is 6.40. The van der Waals surface area contributed by atoms with E-state index in [9.17, 15) is 4.79 Å². The Kier molecular flexibility index (Phi) is 5.81. The average molecular weight is 282 g/mol. The SMILES string of the molecule is CC(C(=O)NN)C(C)N1CCC(N2CCCCC2)CC1. The smallest absolute Gasteiger partial charge is 0.238 e. The number of nitrogens with two attached hydrogens (primary N) is 1. The van der Waals surface area contributed by atoms with Gasteiger partial charge in [0.15, 0.2) is 0 Å². The van der Waals surface area contributed by atoms with Gasteiger partial charge in [-0.1, -0.05) is 13.3 Å². The van der Waals surface area contributed by atoms with E-state index in [0.717, 1.165) is 19.1 Å². The second kappa shape index (κ2) is 7.38. The van der Waals surface area contributed by atoms with E-state index in [1.165, 1.54) is 45.2 Å². The fourth-order valence-electron chi connectivity index (χ4n) is 3.61. The standard InChI is InChI=1S/C15H30N4O/c1-12(15(20)17-16)13(2)18-10-6-14(7-11-18)19-8-4-3-5-9-19/h12-14H,3-11,16H2,1-2H3,(H,17,20). The molecule has 0 aromatic heterocycles. The first-order chi connectivity index (χ1) is 9.63. The number of nitrogens with zero attached hydrogens (tertiary/aromatic N) is 2. The number of hydrazine groups is 1. The van der Waals surface area contributed by atoms with Crippen molar-refractivity contribution in [2.75, 3.05) is 26.2 Å². The van der Waals surface area contributed by atoms with Gasteiger partial charge in [0.2, 0.25) is 5.91 Å². The molecule has 2 rings (SSSR count). The third-order valence-corrected chi connectivity index (χ3v) is 5.26. The van der Waals surface area contributed by atoms with E-state index in [4.69, 9.17) is 5.84 Å². The zero-order valence-corrected chi connectivity index (χ0v) is 13.0. The molecule has 0 aliphatic carbocycles. The molecule has 0 bridgehead atoms. The third kappa shape index (κ3) is 3.71. The minimum Gasteiger partial charge on any atom is -0.300 e. The largest absolute Gasteiger partial charge is 0.300 e. The fraction of sp³-hybridized carbons (Fsp3) is 0.933. The Morgan fingerprint density at radius 2 is 1.70 bits per heavy atom. The highest BCUT2D eigenvalue weighted by molar-refractivity contribution is 5.78. The lowest BCUT2D eigenvalue weighted by atomic mass is 9.95. The third-order valence-electron chi connectivity index (χ3n) is 5.26. The minimum atomic E-state index is -0.0596. The highest BCUT2D eigenvalue weighted by Crippen LogP contribution is 2.23. The molecule has 0 aromatic rings. The van der Waals surface area contributed by atoms with E-state index in [1.807, 2.05) is 6.92 Å². The van der Waals surface area contributed by atoms with Crippen molar-refractivity contribution in [1.29, 1.82) is 0 Å². The highest BCUT2D eigenvalue weighted by Gasteiger charge is 2.30. The van der Waals surface area contributed by atoms with E-state index in [0.29, 0.717) is 0 Å². The van der Waals surface area contributed by atoms with Gasteiger partial charge in [-0.2, -0.15) is 0 Å². The molecule has 0 saturated carbocycles. The van der Waals surface area contributed by atoms with Gasteiger partial charge in [-0.25, -0.2) is 5.84 Å². The van der Waals surface area contributed by atoms with Crippen molar-refractivity contribution in [3.05, 3.63) is 0 Å². The predicted molar refractivity (Wildman–Crippen MR) is 81.0 cm³/mol. The average Bonchev–Trinajstić information content (AvgIpc) is 2.53. The number of rotatable bonds is 4. The predicted octanol–water partition coefficient (Wildman–Crippen LogP) is 0.951. The lowest BCUT2D eigenvalue weighted by molar-refractivity contribution is -0.126. The molecule has 2 saturated heterocycles. The van der Waals surface area contributed by atoms with Gasteiger partial charge < -0.3 is 4.90 Å². The first-order valence-electron chi connectivity index (χ1n) is 8.12. The highest BCUT2D eigenvalue weighted by atomic mass is 16.2. The van der Waals surface area contributed by atoms with Gasteiger partial charge in [-0.05, 0) is 58.8 Å². The monoisotopic (exact) mass is 282 g/mol. The van der Waals surface area contributed by atoms with E-state index < -0.39 is 0 Å². The summed E-state index contributed by atoms with van der Waals surface area (Å²) in [7, 11) is 0. The summed E-state index contributed by atoms with van der Waals surface area (Å²) in [5.74, 6) is 5.13. The van der Waals surface area contributed by atoms with Crippen molar-refractivity contribution >= 4 is 5.91 Å². The van der Waals surface area contributed by atoms with Crippen LogP contribution in [0, 0.1) is 5.92 Å². The van der Waals surface area contributed by atoms with Crippen molar-refractivity contribution in [1.82, 2.24) is 15.2 Å². The molecular weight excluding hydrogens is 252 g/mol. The minimum absolute atomic E-state index is 0.0495. The second-order valence-corrected chi connectivity index (χ2v) is 6.40. The number of nitrogens with one attached hydrogen (secondary N) is 1. The number of likely N-dealkylation sites (tertiary alicyclic amines) is 2. The van der Waals surface area contributed by atoms with Crippen molar-refractivity contribution in [3.8, 4) is 0 Å². The lowest BCUT2D eigenvalue weighted by Crippen LogP contribution is -2.52. The van der Waals surface area contributed by atoms with Crippen LogP contribution in [0.1, 0.15) is 46.0 Å². The number of hydrogen-bond acceptors (Lipinski definition) is 4. The van der Waals surface area contributed by atoms with Crippen LogP contribution in [0.15, 0.2) is 0 Å². The Morgan fingerprint density at radius 3 is 2.25 bits per heavy atom. The van der Waals surface area contributed by atoms with Crippen LogP contribution in [0.5, 0.6) is 0 Å². The summed E-state index contributed by atoms with van der Waals surface area (Å²) in [5, 5.41) is 0. The summed E-state index contributed by atoms with van der Waals surface area (Å²) in [6.07, 6.45) is 6.61. The van der Waals surface area contributed by atoms with Crippen LogP contribution in [0.2, 0.25) is 0 Å². The van der Waals surface area contributed by atoms with Gasteiger partial charge in [-0.15, -0.1) is 0 Å². The molecule has 2 fully saturated rings. The molecule has 0 aromatic carbocycles. The van der Waals surface area contributed by atoms with Crippen LogP contribution < -0.4 is 11.3 Å². The number of piperidine rings is 2. The number of amides is 1. The lowest BCUT2D eigenvalue weighted by Gasteiger charge is -2.42. The van der Waals surface area contributed by atoms with Crippen LogP contribution in [-0.4, -0.2) is 54.0 Å². The molecule has 2 aliphatic rings. The van der Waals surface area contributed by atoms with Gasteiger partial charge in [0.25, 0.3) is 0 Å². The summed E-state index contributed by atoms with van der Waals surface area (Å²) in [5.41, 5.74) is 2.27. The van der Waals surface area contributed by atoms with Crippen molar-refractivity contribution in [2.24, 2.45) is 11.8 Å². The van der Waals surface area contributed by atoms with Gasteiger partial charge in [-0.3, -0.25) is 15.1 Å². The van der Waals surface area contributed by atoms with Crippen molar-refractivity contribution < 1.29 is 4.79 Å². The van der Waals surface area contributed by atoms with Crippen molar-refractivity contribution in [2.45, 2.75) is 58.0 Å². The zero-order valence-electron chi connectivity index (χ0n) is 13.0. The van der Waals surface area contributed by atoms with Gasteiger partial charge in [0.05, 0.1) is 5.92 Å². The summed E-state index contributed by atoms with van der Waals surface area (Å²) < 4.78 is 0. The molecule has 1 amide bonds. The topological polar surface area (TPSA) is 61.6 Å². The molecule has 0 spiro atoms. The molecule has 2 unspecified atom stereocenters. The normalized spacial score (nSPS) is 26.1. The van der Waals surface area contributed by atoms with Crippen LogP contribution in [0.4, 0.5) is 0 Å². The van der Waals surface area contributed by atoms with Crippen LogP contribution in [0.3, 0.4) is 0 Å². The van der Waals surface area contributed by atoms with Crippen LogP contribution in [-0.2, 0) is 4.79 Å². The maximum atomic E-state index is 11.6. The maximum absolute atomic E-state index is 11.6. The molecule has 0 radical (unpaired) electrons. The Balaban J connectivity index is 1.79. The zero-order chi connectivity index (χ0) is 14.5. The van der Waals surface area contributed by atoms with Gasteiger partial charge >= 0.3 is 0 Å². The molecule has 2 atom stereocenters. The number of carbonyl (C=O) groups is 1. The fourth-order valence-corrected chi connectivity index (χ4v) is 3.61. The molecule has 116 valence electrons. The van der Waals surface area contributed by atoms with E-state index in [-0.39, 0.29) is 17.9 Å². The molecule has 2 aliphatic heterocycles.